The van der Waals surface area contributed by atoms with Gasteiger partial charge in [-0.15, -0.1) is 0 Å². The van der Waals surface area contributed by atoms with Crippen molar-refractivity contribution in [2.45, 2.75) is 20.3 Å². The van der Waals surface area contributed by atoms with Crippen LogP contribution in [0, 0.1) is 6.92 Å². The summed E-state index contributed by atoms with van der Waals surface area (Å²) in [5.41, 5.74) is 9.07. The van der Waals surface area contributed by atoms with Crippen LogP contribution in [-0.2, 0) is 11.2 Å². The van der Waals surface area contributed by atoms with Crippen LogP contribution in [0.4, 0.5) is 11.4 Å². The third-order valence-corrected chi connectivity index (χ3v) is 3.19. The van der Waals surface area contributed by atoms with Gasteiger partial charge in [0.15, 0.2) is 0 Å². The number of hydrogen-bond donors (Lipinski definition) is 2. The predicted molar refractivity (Wildman–Crippen MR) is 85.5 cm³/mol. The molecule has 2 rings (SSSR count). The highest BCUT2D eigenvalue weighted by molar-refractivity contribution is 5.93. The number of hydrogen-bond acceptors (Lipinski definition) is 3. The third kappa shape index (κ3) is 3.99. The van der Waals surface area contributed by atoms with E-state index in [2.05, 4.69) is 5.32 Å². The summed E-state index contributed by atoms with van der Waals surface area (Å²) in [6.07, 6.45) is 0.263. The van der Waals surface area contributed by atoms with Gasteiger partial charge in [-0.25, -0.2) is 0 Å². The Balaban J connectivity index is 2.04. The lowest BCUT2D eigenvalue weighted by Gasteiger charge is -2.11. The Morgan fingerprint density at radius 1 is 1.24 bits per heavy atom. The number of para-hydroxylation sites is 1. The van der Waals surface area contributed by atoms with E-state index in [1.165, 1.54) is 0 Å². The fourth-order valence-corrected chi connectivity index (χ4v) is 2.10. The van der Waals surface area contributed by atoms with Crippen LogP contribution in [0.3, 0.4) is 0 Å². The zero-order valence-electron chi connectivity index (χ0n) is 12.3. The van der Waals surface area contributed by atoms with Crippen LogP contribution >= 0.6 is 0 Å². The number of carbonyl (C=O) groups is 1. The fourth-order valence-electron chi connectivity index (χ4n) is 2.10. The van der Waals surface area contributed by atoms with E-state index in [0.717, 1.165) is 22.6 Å². The number of rotatable bonds is 5. The van der Waals surface area contributed by atoms with Gasteiger partial charge in [-0.05, 0) is 49.2 Å². The Morgan fingerprint density at radius 2 is 2.00 bits per heavy atom. The monoisotopic (exact) mass is 284 g/mol. The maximum Gasteiger partial charge on any atom is 0.228 e. The molecular formula is C17H20N2O2. The van der Waals surface area contributed by atoms with Crippen molar-refractivity contribution in [3.05, 3.63) is 53.6 Å². The Hall–Kier alpha value is -2.49. The summed E-state index contributed by atoms with van der Waals surface area (Å²) in [7, 11) is 0. The number of nitrogen functional groups attached to an aromatic ring is 1. The van der Waals surface area contributed by atoms with Crippen molar-refractivity contribution in [1.82, 2.24) is 0 Å². The van der Waals surface area contributed by atoms with Crippen LogP contribution in [-0.4, -0.2) is 12.5 Å². The van der Waals surface area contributed by atoms with Crippen LogP contribution in [0.1, 0.15) is 18.1 Å². The summed E-state index contributed by atoms with van der Waals surface area (Å²) in [6, 6.07) is 13.0. The number of benzene rings is 2. The van der Waals surface area contributed by atoms with Crippen molar-refractivity contribution >= 4 is 17.3 Å². The van der Waals surface area contributed by atoms with E-state index < -0.39 is 0 Å². The van der Waals surface area contributed by atoms with E-state index in [-0.39, 0.29) is 12.3 Å². The molecule has 0 fully saturated rings. The van der Waals surface area contributed by atoms with Crippen molar-refractivity contribution in [3.63, 3.8) is 0 Å². The summed E-state index contributed by atoms with van der Waals surface area (Å²) in [4.78, 5) is 12.1. The van der Waals surface area contributed by atoms with Gasteiger partial charge in [-0.1, -0.05) is 18.2 Å². The second kappa shape index (κ2) is 6.79. The Bertz CT molecular complexity index is 638. The van der Waals surface area contributed by atoms with Crippen LogP contribution < -0.4 is 15.8 Å². The zero-order valence-corrected chi connectivity index (χ0v) is 12.3. The molecule has 3 N–H and O–H groups in total. The minimum atomic E-state index is -0.0832. The molecule has 2 aromatic rings. The van der Waals surface area contributed by atoms with Gasteiger partial charge in [0.05, 0.1) is 13.0 Å². The van der Waals surface area contributed by atoms with E-state index in [4.69, 9.17) is 10.5 Å². The molecule has 0 radical (unpaired) electrons. The summed E-state index contributed by atoms with van der Waals surface area (Å²) in [5, 5.41) is 2.91. The molecular weight excluding hydrogens is 264 g/mol. The molecule has 21 heavy (non-hydrogen) atoms. The average Bonchev–Trinajstić information content (AvgIpc) is 2.45. The molecule has 0 atom stereocenters. The van der Waals surface area contributed by atoms with E-state index in [0.29, 0.717) is 12.3 Å². The molecule has 0 aliphatic rings. The molecule has 0 saturated heterocycles. The lowest BCUT2D eigenvalue weighted by molar-refractivity contribution is -0.115. The first-order chi connectivity index (χ1) is 10.1. The van der Waals surface area contributed by atoms with Crippen molar-refractivity contribution in [3.8, 4) is 5.75 Å². The minimum Gasteiger partial charge on any atom is -0.494 e. The van der Waals surface area contributed by atoms with Crippen LogP contribution in [0.2, 0.25) is 0 Å². The molecule has 2 aromatic carbocycles. The topological polar surface area (TPSA) is 64.3 Å². The highest BCUT2D eigenvalue weighted by Crippen LogP contribution is 2.22. The maximum absolute atomic E-state index is 12.1. The molecule has 0 unspecified atom stereocenters. The van der Waals surface area contributed by atoms with E-state index in [1.54, 1.807) is 6.07 Å². The number of anilines is 2. The molecule has 4 nitrogen and oxygen atoms in total. The van der Waals surface area contributed by atoms with E-state index >= 15 is 0 Å². The summed E-state index contributed by atoms with van der Waals surface area (Å²) >= 11 is 0. The SMILES string of the molecule is CCOc1ccc(NC(=O)Cc2ccccc2N)c(C)c1. The van der Waals surface area contributed by atoms with Crippen molar-refractivity contribution in [1.29, 1.82) is 0 Å². The van der Waals surface area contributed by atoms with Gasteiger partial charge in [0.2, 0.25) is 5.91 Å². The third-order valence-electron chi connectivity index (χ3n) is 3.19. The van der Waals surface area contributed by atoms with Crippen LogP contribution in [0.15, 0.2) is 42.5 Å². The van der Waals surface area contributed by atoms with Gasteiger partial charge in [0, 0.05) is 11.4 Å². The molecule has 110 valence electrons. The molecule has 0 aliphatic heterocycles. The number of amides is 1. The zero-order chi connectivity index (χ0) is 15.2. The highest BCUT2D eigenvalue weighted by Gasteiger charge is 2.08. The van der Waals surface area contributed by atoms with Gasteiger partial charge in [-0.3, -0.25) is 4.79 Å². The van der Waals surface area contributed by atoms with Gasteiger partial charge >= 0.3 is 0 Å². The first-order valence-electron chi connectivity index (χ1n) is 6.97. The number of nitrogens with one attached hydrogen (secondary N) is 1. The average molecular weight is 284 g/mol. The van der Waals surface area contributed by atoms with Gasteiger partial charge in [0.25, 0.3) is 0 Å². The minimum absolute atomic E-state index is 0.0832. The molecule has 0 aromatic heterocycles. The molecule has 0 heterocycles. The maximum atomic E-state index is 12.1. The molecule has 0 aliphatic carbocycles. The lowest BCUT2D eigenvalue weighted by atomic mass is 10.1. The summed E-state index contributed by atoms with van der Waals surface area (Å²) in [5.74, 6) is 0.723. The normalized spacial score (nSPS) is 10.2. The molecule has 0 bridgehead atoms. The summed E-state index contributed by atoms with van der Waals surface area (Å²) < 4.78 is 5.43. The number of carbonyl (C=O) groups excluding carboxylic acids is 1. The first kappa shape index (κ1) is 14.9. The van der Waals surface area contributed by atoms with Crippen molar-refractivity contribution < 1.29 is 9.53 Å². The molecule has 0 saturated carbocycles. The number of nitrogens with two attached hydrogens (primary N) is 1. The first-order valence-corrected chi connectivity index (χ1v) is 6.97. The predicted octanol–water partition coefficient (Wildman–Crippen LogP) is 3.16. The fraction of sp³-hybridized carbons (Fsp3) is 0.235. The molecule has 0 spiro atoms. The van der Waals surface area contributed by atoms with Crippen molar-refractivity contribution in [2.75, 3.05) is 17.7 Å². The van der Waals surface area contributed by atoms with Gasteiger partial charge in [0.1, 0.15) is 5.75 Å². The second-order valence-corrected chi connectivity index (χ2v) is 4.83. The Morgan fingerprint density at radius 3 is 2.67 bits per heavy atom. The number of ether oxygens (including phenoxy) is 1. The smallest absolute Gasteiger partial charge is 0.228 e. The molecule has 4 heteroatoms. The van der Waals surface area contributed by atoms with Crippen LogP contribution in [0.5, 0.6) is 5.75 Å². The van der Waals surface area contributed by atoms with Crippen molar-refractivity contribution in [2.24, 2.45) is 0 Å². The Kier molecular flexibility index (Phi) is 4.82. The molecule has 1 amide bonds. The highest BCUT2D eigenvalue weighted by atomic mass is 16.5. The quantitative estimate of drug-likeness (QED) is 0.829. The summed E-state index contributed by atoms with van der Waals surface area (Å²) in [6.45, 7) is 4.50. The largest absolute Gasteiger partial charge is 0.494 e. The van der Waals surface area contributed by atoms with E-state index in [9.17, 15) is 4.79 Å². The second-order valence-electron chi connectivity index (χ2n) is 4.83. The Labute approximate surface area is 124 Å². The number of aryl methyl sites for hydroxylation is 1. The van der Waals surface area contributed by atoms with Gasteiger partial charge < -0.3 is 15.8 Å². The van der Waals surface area contributed by atoms with E-state index in [1.807, 2.05) is 50.2 Å². The van der Waals surface area contributed by atoms with Gasteiger partial charge in [-0.2, -0.15) is 0 Å². The van der Waals surface area contributed by atoms with Crippen LogP contribution in [0.25, 0.3) is 0 Å². The standard InChI is InChI=1S/C17H20N2O2/c1-3-21-14-8-9-16(12(2)10-14)19-17(20)11-13-6-4-5-7-15(13)18/h4-10H,3,11,18H2,1-2H3,(H,19,20). The lowest BCUT2D eigenvalue weighted by Crippen LogP contribution is -2.16.